The predicted octanol–water partition coefficient (Wildman–Crippen LogP) is 4.20. The highest BCUT2D eigenvalue weighted by Crippen LogP contribution is 2.17. The fourth-order valence-electron chi connectivity index (χ4n) is 3.19. The van der Waals surface area contributed by atoms with Gasteiger partial charge < -0.3 is 5.32 Å². The Morgan fingerprint density at radius 2 is 1.59 bits per heavy atom. The molecule has 0 aliphatic carbocycles. The first-order valence-corrected chi connectivity index (χ1v) is 9.52. The number of rotatable bonds is 6. The Labute approximate surface area is 169 Å². The number of hydrogen-bond acceptors (Lipinski definition) is 4. The first-order chi connectivity index (χ1) is 14.2. The zero-order valence-electron chi connectivity index (χ0n) is 16.1. The SMILES string of the molecule is CCc1c(C(=O)Nc2cnc(-c3ccccc3)nc2)cnn1Cc1ccccc1. The molecule has 6 heteroatoms. The van der Waals surface area contributed by atoms with Crippen molar-refractivity contribution in [3.05, 3.63) is 96.1 Å². The van der Waals surface area contributed by atoms with Crippen molar-refractivity contribution in [1.29, 1.82) is 0 Å². The van der Waals surface area contributed by atoms with Crippen molar-refractivity contribution < 1.29 is 4.79 Å². The smallest absolute Gasteiger partial charge is 0.259 e. The van der Waals surface area contributed by atoms with Gasteiger partial charge in [-0.15, -0.1) is 0 Å². The summed E-state index contributed by atoms with van der Waals surface area (Å²) in [7, 11) is 0. The van der Waals surface area contributed by atoms with Crippen LogP contribution in [0.3, 0.4) is 0 Å². The maximum atomic E-state index is 12.8. The molecule has 1 N–H and O–H groups in total. The molecule has 0 bridgehead atoms. The van der Waals surface area contributed by atoms with E-state index in [9.17, 15) is 4.79 Å². The Bertz CT molecular complexity index is 1090. The molecule has 2 aromatic carbocycles. The lowest BCUT2D eigenvalue weighted by molar-refractivity contribution is 0.102. The van der Waals surface area contributed by atoms with Crippen molar-refractivity contribution in [1.82, 2.24) is 19.7 Å². The third kappa shape index (κ3) is 4.21. The van der Waals surface area contributed by atoms with Gasteiger partial charge in [-0.3, -0.25) is 9.48 Å². The summed E-state index contributed by atoms with van der Waals surface area (Å²) in [6.07, 6.45) is 5.57. The normalized spacial score (nSPS) is 10.7. The molecule has 0 unspecified atom stereocenters. The van der Waals surface area contributed by atoms with Crippen molar-refractivity contribution in [3.8, 4) is 11.4 Å². The van der Waals surface area contributed by atoms with Gasteiger partial charge in [0.05, 0.1) is 42.1 Å². The average molecular weight is 383 g/mol. The number of hydrogen-bond donors (Lipinski definition) is 1. The van der Waals surface area contributed by atoms with Crippen LogP contribution >= 0.6 is 0 Å². The molecule has 0 spiro atoms. The molecule has 0 saturated heterocycles. The van der Waals surface area contributed by atoms with Gasteiger partial charge in [0.25, 0.3) is 5.91 Å². The Kier molecular flexibility index (Phi) is 5.42. The van der Waals surface area contributed by atoms with Crippen molar-refractivity contribution in [2.24, 2.45) is 0 Å². The highest BCUT2D eigenvalue weighted by atomic mass is 16.1. The molecule has 0 aliphatic rings. The van der Waals surface area contributed by atoms with E-state index in [-0.39, 0.29) is 5.91 Å². The van der Waals surface area contributed by atoms with Crippen LogP contribution in [0.4, 0.5) is 5.69 Å². The van der Waals surface area contributed by atoms with Crippen molar-refractivity contribution in [2.45, 2.75) is 19.9 Å². The fraction of sp³-hybridized carbons (Fsp3) is 0.130. The van der Waals surface area contributed by atoms with Crippen molar-refractivity contribution in [3.63, 3.8) is 0 Å². The molecule has 29 heavy (non-hydrogen) atoms. The summed E-state index contributed by atoms with van der Waals surface area (Å²) in [4.78, 5) is 21.5. The van der Waals surface area contributed by atoms with Gasteiger partial charge in [0.15, 0.2) is 5.82 Å². The summed E-state index contributed by atoms with van der Waals surface area (Å²) in [5.41, 5.74) is 4.08. The summed E-state index contributed by atoms with van der Waals surface area (Å²) < 4.78 is 1.87. The van der Waals surface area contributed by atoms with Crippen LogP contribution in [0.15, 0.2) is 79.3 Å². The van der Waals surface area contributed by atoms with Crippen LogP contribution in [0.1, 0.15) is 28.5 Å². The molecule has 6 nitrogen and oxygen atoms in total. The second kappa shape index (κ2) is 8.48. The van der Waals surface area contributed by atoms with Gasteiger partial charge in [-0.25, -0.2) is 9.97 Å². The molecule has 2 heterocycles. The number of carbonyl (C=O) groups excluding carboxylic acids is 1. The summed E-state index contributed by atoms with van der Waals surface area (Å²) in [5, 5.41) is 7.29. The van der Waals surface area contributed by atoms with Crippen LogP contribution in [-0.2, 0) is 13.0 Å². The Morgan fingerprint density at radius 3 is 2.24 bits per heavy atom. The quantitative estimate of drug-likeness (QED) is 0.541. The van der Waals surface area contributed by atoms with Gasteiger partial charge in [-0.2, -0.15) is 5.10 Å². The summed E-state index contributed by atoms with van der Waals surface area (Å²) in [6, 6.07) is 19.8. The zero-order chi connectivity index (χ0) is 20.1. The van der Waals surface area contributed by atoms with Crippen LogP contribution in [0, 0.1) is 0 Å². The summed E-state index contributed by atoms with van der Waals surface area (Å²) >= 11 is 0. The molecule has 144 valence electrons. The van der Waals surface area contributed by atoms with Gasteiger partial charge >= 0.3 is 0 Å². The molecular formula is C23H21N5O. The minimum absolute atomic E-state index is 0.211. The van der Waals surface area contributed by atoms with E-state index in [2.05, 4.69) is 20.4 Å². The van der Waals surface area contributed by atoms with Gasteiger partial charge in [-0.05, 0) is 12.0 Å². The molecule has 4 rings (SSSR count). The first-order valence-electron chi connectivity index (χ1n) is 9.52. The molecular weight excluding hydrogens is 362 g/mol. The maximum absolute atomic E-state index is 12.8. The Balaban J connectivity index is 1.50. The standard InChI is InChI=1S/C23H21N5O/c1-2-21-20(15-26-28(21)16-17-9-5-3-6-10-17)23(29)27-19-13-24-22(25-14-19)18-11-7-4-8-12-18/h3-15H,2,16H2,1H3,(H,27,29). The maximum Gasteiger partial charge on any atom is 0.259 e. The molecule has 0 atom stereocenters. The molecule has 0 fully saturated rings. The minimum atomic E-state index is -0.211. The fourth-order valence-corrected chi connectivity index (χ4v) is 3.19. The third-order valence-electron chi connectivity index (χ3n) is 4.65. The number of benzene rings is 2. The molecule has 1 amide bonds. The van der Waals surface area contributed by atoms with Gasteiger partial charge in [-0.1, -0.05) is 67.6 Å². The van der Waals surface area contributed by atoms with E-state index in [0.717, 1.165) is 16.8 Å². The summed E-state index contributed by atoms with van der Waals surface area (Å²) in [5.74, 6) is 0.408. The van der Waals surface area contributed by atoms with Crippen LogP contribution in [0.2, 0.25) is 0 Å². The van der Waals surface area contributed by atoms with E-state index < -0.39 is 0 Å². The number of amides is 1. The lowest BCUT2D eigenvalue weighted by Gasteiger charge is -2.09. The highest BCUT2D eigenvalue weighted by molar-refractivity contribution is 6.04. The minimum Gasteiger partial charge on any atom is -0.319 e. The first kappa shape index (κ1) is 18.6. The van der Waals surface area contributed by atoms with Crippen molar-refractivity contribution in [2.75, 3.05) is 5.32 Å². The van der Waals surface area contributed by atoms with Gasteiger partial charge in [0.1, 0.15) is 0 Å². The van der Waals surface area contributed by atoms with Crippen LogP contribution in [-0.4, -0.2) is 25.7 Å². The number of nitrogens with zero attached hydrogens (tertiary/aromatic N) is 4. The van der Waals surface area contributed by atoms with E-state index in [1.165, 1.54) is 0 Å². The van der Waals surface area contributed by atoms with Crippen LogP contribution in [0.25, 0.3) is 11.4 Å². The third-order valence-corrected chi connectivity index (χ3v) is 4.65. The van der Waals surface area contributed by atoms with Crippen LogP contribution < -0.4 is 5.32 Å². The molecule has 0 radical (unpaired) electrons. The van der Waals surface area contributed by atoms with E-state index in [1.807, 2.05) is 72.3 Å². The Morgan fingerprint density at radius 1 is 0.931 bits per heavy atom. The van der Waals surface area contributed by atoms with E-state index in [1.54, 1.807) is 18.6 Å². The van der Waals surface area contributed by atoms with Crippen molar-refractivity contribution >= 4 is 11.6 Å². The molecule has 4 aromatic rings. The largest absolute Gasteiger partial charge is 0.319 e. The number of nitrogens with one attached hydrogen (secondary N) is 1. The van der Waals surface area contributed by atoms with Gasteiger partial charge in [0, 0.05) is 5.56 Å². The zero-order valence-corrected chi connectivity index (χ0v) is 16.1. The highest BCUT2D eigenvalue weighted by Gasteiger charge is 2.17. The lowest BCUT2D eigenvalue weighted by Crippen LogP contribution is -2.15. The Hall–Kier alpha value is -3.80. The number of aromatic nitrogens is 4. The average Bonchev–Trinajstić information content (AvgIpc) is 3.18. The number of anilines is 1. The second-order valence-electron chi connectivity index (χ2n) is 6.62. The molecule has 0 saturated carbocycles. The molecule has 0 aliphatic heterocycles. The molecule has 2 aromatic heterocycles. The lowest BCUT2D eigenvalue weighted by atomic mass is 10.1. The van der Waals surface area contributed by atoms with Crippen LogP contribution in [0.5, 0.6) is 0 Å². The van der Waals surface area contributed by atoms with E-state index in [0.29, 0.717) is 30.0 Å². The number of carbonyl (C=O) groups is 1. The van der Waals surface area contributed by atoms with E-state index >= 15 is 0 Å². The summed E-state index contributed by atoms with van der Waals surface area (Å²) in [6.45, 7) is 2.65. The second-order valence-corrected chi connectivity index (χ2v) is 6.62. The van der Waals surface area contributed by atoms with Gasteiger partial charge in [0.2, 0.25) is 0 Å². The van der Waals surface area contributed by atoms with E-state index in [4.69, 9.17) is 0 Å². The predicted molar refractivity (Wildman–Crippen MR) is 113 cm³/mol. The topological polar surface area (TPSA) is 72.7 Å². The monoisotopic (exact) mass is 383 g/mol.